The molecule has 5 atom stereocenters. The number of unbranched alkanes of at least 4 members (excludes halogenated alkanes) is 53. The lowest BCUT2D eigenvalue weighted by atomic mass is 10.0. The number of carbonyl (C=O) groups excluding carboxylic acids is 4. The Morgan fingerprint density at radius 1 is 0.262 bits per heavy atom. The summed E-state index contributed by atoms with van der Waals surface area (Å²) >= 11 is 0. The maximum atomic E-state index is 13.1. The Balaban J connectivity index is 5.17. The van der Waals surface area contributed by atoms with Crippen LogP contribution in [0.3, 0.4) is 0 Å². The van der Waals surface area contributed by atoms with Crippen LogP contribution in [-0.2, 0) is 65.4 Å². The van der Waals surface area contributed by atoms with Crippen molar-refractivity contribution in [3.8, 4) is 0 Å². The van der Waals surface area contributed by atoms with Crippen LogP contribution in [0, 0.1) is 11.8 Å². The summed E-state index contributed by atoms with van der Waals surface area (Å²) in [7, 11) is -9.92. The minimum atomic E-state index is -4.96. The van der Waals surface area contributed by atoms with Crippen LogP contribution in [0.15, 0.2) is 0 Å². The molecule has 612 valence electrons. The maximum Gasteiger partial charge on any atom is 0.472 e. The van der Waals surface area contributed by atoms with Gasteiger partial charge in [-0.15, -0.1) is 0 Å². The highest BCUT2D eigenvalue weighted by molar-refractivity contribution is 7.47. The van der Waals surface area contributed by atoms with E-state index in [2.05, 4.69) is 41.5 Å². The predicted molar refractivity (Wildman–Crippen MR) is 423 cm³/mol. The van der Waals surface area contributed by atoms with E-state index < -0.39 is 97.5 Å². The molecular formula is C84H164O17P2. The third-order valence-corrected chi connectivity index (χ3v) is 21.6. The number of phosphoric ester groups is 2. The first-order chi connectivity index (χ1) is 49.9. The molecule has 19 heteroatoms. The minimum Gasteiger partial charge on any atom is -0.462 e. The van der Waals surface area contributed by atoms with Crippen molar-refractivity contribution in [2.45, 2.75) is 464 Å². The topological polar surface area (TPSA) is 237 Å². The monoisotopic (exact) mass is 1510 g/mol. The van der Waals surface area contributed by atoms with Gasteiger partial charge in [0.25, 0.3) is 0 Å². The summed E-state index contributed by atoms with van der Waals surface area (Å²) < 4.78 is 68.7. The number of ether oxygens (including phenoxy) is 4. The fourth-order valence-corrected chi connectivity index (χ4v) is 14.6. The molecule has 0 aliphatic heterocycles. The molecule has 0 radical (unpaired) electrons. The first-order valence-electron chi connectivity index (χ1n) is 43.5. The van der Waals surface area contributed by atoms with E-state index >= 15 is 0 Å². The number of carbonyl (C=O) groups is 4. The first-order valence-corrected chi connectivity index (χ1v) is 46.5. The van der Waals surface area contributed by atoms with E-state index in [1.54, 1.807) is 0 Å². The van der Waals surface area contributed by atoms with Gasteiger partial charge in [0.05, 0.1) is 26.4 Å². The second-order valence-corrected chi connectivity index (χ2v) is 34.1. The zero-order valence-corrected chi connectivity index (χ0v) is 69.4. The van der Waals surface area contributed by atoms with E-state index in [1.165, 1.54) is 250 Å². The molecule has 0 aromatic heterocycles. The van der Waals surface area contributed by atoms with Crippen molar-refractivity contribution >= 4 is 39.5 Å². The summed E-state index contributed by atoms with van der Waals surface area (Å²) in [5.41, 5.74) is 0. The van der Waals surface area contributed by atoms with Gasteiger partial charge < -0.3 is 33.8 Å². The highest BCUT2D eigenvalue weighted by Crippen LogP contribution is 2.45. The van der Waals surface area contributed by atoms with Gasteiger partial charge in [-0.25, -0.2) is 9.13 Å². The second kappa shape index (κ2) is 75.5. The molecule has 2 unspecified atom stereocenters. The van der Waals surface area contributed by atoms with Gasteiger partial charge in [-0.3, -0.25) is 37.3 Å². The average Bonchev–Trinajstić information content (AvgIpc) is 0.957. The number of aliphatic hydroxyl groups is 1. The summed E-state index contributed by atoms with van der Waals surface area (Å²) in [6.45, 7) is 9.66. The highest BCUT2D eigenvalue weighted by atomic mass is 31.2. The first kappa shape index (κ1) is 101. The minimum absolute atomic E-state index is 0.107. The quantitative estimate of drug-likeness (QED) is 0.0222. The van der Waals surface area contributed by atoms with Crippen LogP contribution in [0.4, 0.5) is 0 Å². The normalized spacial score (nSPS) is 13.9. The molecule has 103 heavy (non-hydrogen) atoms. The molecule has 0 spiro atoms. The number of phosphoric acid groups is 2. The molecule has 0 bridgehead atoms. The standard InChI is InChI=1S/C84H164O17P2/c1-7-9-11-13-15-16-17-18-19-20-21-22-23-24-27-34-39-44-50-56-62-69-84(89)101-80(73-95-82(87)67-61-55-49-43-38-33-28-25-26-31-36-41-47-52-58-64-76(3)4)75-99-103(92,93)97-71-78(85)70-96-102(90,91)98-74-79(72-94-81(86)66-60-54-46-14-12-10-8-2)100-83(88)68-63-57-51-45-40-35-30-29-32-37-42-48-53-59-65-77(5)6/h76-80,85H,7-75H2,1-6H3,(H,90,91)(H,92,93)/t78-,79+,80+/m0/s1. The third-order valence-electron chi connectivity index (χ3n) is 19.7. The van der Waals surface area contributed by atoms with Crippen LogP contribution < -0.4 is 0 Å². The van der Waals surface area contributed by atoms with Gasteiger partial charge in [0.1, 0.15) is 19.3 Å². The number of aliphatic hydroxyl groups excluding tert-OH is 1. The molecule has 0 aliphatic carbocycles. The predicted octanol–water partition coefficient (Wildman–Crippen LogP) is 25.5. The van der Waals surface area contributed by atoms with Crippen molar-refractivity contribution < 1.29 is 80.2 Å². The highest BCUT2D eigenvalue weighted by Gasteiger charge is 2.30. The van der Waals surface area contributed by atoms with Gasteiger partial charge in [-0.1, -0.05) is 395 Å². The van der Waals surface area contributed by atoms with Crippen LogP contribution in [0.5, 0.6) is 0 Å². The Hall–Kier alpha value is -1.94. The fraction of sp³-hybridized carbons (Fsp3) is 0.952. The van der Waals surface area contributed by atoms with Crippen molar-refractivity contribution in [3.63, 3.8) is 0 Å². The summed E-state index contributed by atoms with van der Waals surface area (Å²) in [5.74, 6) is -0.508. The molecule has 0 aromatic carbocycles. The molecule has 0 rings (SSSR count). The van der Waals surface area contributed by atoms with Gasteiger partial charge in [-0.05, 0) is 37.5 Å². The van der Waals surface area contributed by atoms with Gasteiger partial charge >= 0.3 is 39.5 Å². The summed E-state index contributed by atoms with van der Waals surface area (Å²) in [6.07, 6.45) is 66.9. The van der Waals surface area contributed by atoms with Crippen molar-refractivity contribution in [2.75, 3.05) is 39.6 Å². The summed E-state index contributed by atoms with van der Waals surface area (Å²) in [4.78, 5) is 73.0. The molecule has 0 saturated carbocycles. The molecule has 3 N–H and O–H groups in total. The Morgan fingerprint density at radius 3 is 0.660 bits per heavy atom. The Morgan fingerprint density at radius 2 is 0.447 bits per heavy atom. The number of hydrogen-bond acceptors (Lipinski definition) is 15. The summed E-state index contributed by atoms with van der Waals surface area (Å²) in [5, 5.41) is 10.6. The molecule has 0 aromatic rings. The number of esters is 4. The van der Waals surface area contributed by atoms with E-state index in [9.17, 15) is 43.2 Å². The molecule has 17 nitrogen and oxygen atoms in total. The molecule has 0 saturated heterocycles. The Kier molecular flexibility index (Phi) is 74.1. The second-order valence-electron chi connectivity index (χ2n) is 31.2. The molecular weight excluding hydrogens is 1340 g/mol. The van der Waals surface area contributed by atoms with E-state index in [4.69, 9.17) is 37.0 Å². The maximum absolute atomic E-state index is 13.1. The fourth-order valence-electron chi connectivity index (χ4n) is 13.1. The van der Waals surface area contributed by atoms with Gasteiger partial charge in [0, 0.05) is 25.7 Å². The lowest BCUT2D eigenvalue weighted by Gasteiger charge is -2.21. The zero-order valence-electron chi connectivity index (χ0n) is 67.6. The zero-order chi connectivity index (χ0) is 75.6. The van der Waals surface area contributed by atoms with Crippen molar-refractivity contribution in [3.05, 3.63) is 0 Å². The molecule has 0 aliphatic rings. The Labute approximate surface area is 632 Å². The summed E-state index contributed by atoms with van der Waals surface area (Å²) in [6, 6.07) is 0. The van der Waals surface area contributed by atoms with Crippen LogP contribution in [0.1, 0.15) is 446 Å². The van der Waals surface area contributed by atoms with E-state index in [1.807, 2.05) is 0 Å². The lowest BCUT2D eigenvalue weighted by Crippen LogP contribution is -2.30. The Bertz CT molecular complexity index is 1980. The smallest absolute Gasteiger partial charge is 0.462 e. The van der Waals surface area contributed by atoms with Crippen LogP contribution in [0.25, 0.3) is 0 Å². The van der Waals surface area contributed by atoms with Gasteiger partial charge in [-0.2, -0.15) is 0 Å². The number of hydrogen-bond donors (Lipinski definition) is 3. The largest absolute Gasteiger partial charge is 0.472 e. The van der Waals surface area contributed by atoms with Crippen molar-refractivity contribution in [2.24, 2.45) is 11.8 Å². The lowest BCUT2D eigenvalue weighted by molar-refractivity contribution is -0.161. The van der Waals surface area contributed by atoms with Gasteiger partial charge in [0.2, 0.25) is 0 Å². The van der Waals surface area contributed by atoms with E-state index in [0.717, 1.165) is 115 Å². The van der Waals surface area contributed by atoms with Crippen LogP contribution in [0.2, 0.25) is 0 Å². The van der Waals surface area contributed by atoms with Crippen LogP contribution >= 0.6 is 15.6 Å². The van der Waals surface area contributed by atoms with Crippen molar-refractivity contribution in [1.82, 2.24) is 0 Å². The third kappa shape index (κ3) is 78.0. The molecule has 0 amide bonds. The van der Waals surface area contributed by atoms with Gasteiger partial charge in [0.15, 0.2) is 12.2 Å². The SMILES string of the molecule is CCCCCCCCCCCCCCCCCCCCCCCC(=O)O[C@H](COC(=O)CCCCCCCCCCCCCCCCCC(C)C)COP(=O)(O)OC[C@@H](O)COP(=O)(O)OC[C@@H](COC(=O)CCCCCCCCC)OC(=O)CCCCCCCCCCCCCCCCC(C)C. The van der Waals surface area contributed by atoms with Crippen molar-refractivity contribution in [1.29, 1.82) is 0 Å². The number of rotatable bonds is 83. The molecule has 0 heterocycles. The molecule has 0 fully saturated rings. The van der Waals surface area contributed by atoms with E-state index in [-0.39, 0.29) is 25.7 Å². The van der Waals surface area contributed by atoms with Crippen LogP contribution in [-0.4, -0.2) is 96.7 Å². The van der Waals surface area contributed by atoms with E-state index in [0.29, 0.717) is 25.7 Å². The average molecular weight is 1510 g/mol.